The molecule has 19 heavy (non-hydrogen) atoms. The van der Waals surface area contributed by atoms with Crippen molar-refractivity contribution < 1.29 is 4.79 Å². The van der Waals surface area contributed by atoms with E-state index in [0.29, 0.717) is 12.4 Å². The summed E-state index contributed by atoms with van der Waals surface area (Å²) in [6.07, 6.45) is 0. The molecule has 7 heteroatoms. The zero-order valence-electron chi connectivity index (χ0n) is 10.7. The molecule has 1 aromatic heterocycles. The summed E-state index contributed by atoms with van der Waals surface area (Å²) >= 11 is 0. The van der Waals surface area contributed by atoms with E-state index in [1.807, 2.05) is 31.2 Å². The van der Waals surface area contributed by atoms with Gasteiger partial charge in [-0.2, -0.15) is 5.10 Å². The topological polar surface area (TPSA) is 82.7 Å². The first-order chi connectivity index (χ1) is 8.69. The first kappa shape index (κ1) is 15.1. The molecule has 0 saturated carbocycles. The van der Waals surface area contributed by atoms with Gasteiger partial charge >= 0.3 is 0 Å². The minimum atomic E-state index is -0.0704. The number of anilines is 1. The number of aromatic nitrogens is 3. The fraction of sp³-hybridized carbons (Fsp3) is 0.250. The summed E-state index contributed by atoms with van der Waals surface area (Å²) in [6.45, 7) is 2.14. The monoisotopic (exact) mass is 281 g/mol. The van der Waals surface area contributed by atoms with Crippen molar-refractivity contribution in [1.29, 1.82) is 0 Å². The molecule has 0 bridgehead atoms. The lowest BCUT2D eigenvalue weighted by molar-refractivity contribution is -0.115. The molecule has 102 valence electrons. The Morgan fingerprint density at radius 3 is 2.53 bits per heavy atom. The number of amides is 1. The van der Waals surface area contributed by atoms with Crippen molar-refractivity contribution in [2.24, 2.45) is 0 Å². The van der Waals surface area contributed by atoms with Gasteiger partial charge in [0.25, 0.3) is 0 Å². The minimum Gasteiger partial charge on any atom is -0.325 e. The van der Waals surface area contributed by atoms with Crippen LogP contribution >= 0.6 is 12.4 Å². The number of rotatable bonds is 4. The second-order valence-corrected chi connectivity index (χ2v) is 3.90. The fourth-order valence-corrected chi connectivity index (χ4v) is 1.54. The second-order valence-electron chi connectivity index (χ2n) is 3.90. The third kappa shape index (κ3) is 4.04. The van der Waals surface area contributed by atoms with Crippen molar-refractivity contribution in [3.05, 3.63) is 30.1 Å². The summed E-state index contributed by atoms with van der Waals surface area (Å²) in [5.74, 6) is 1.36. The van der Waals surface area contributed by atoms with Gasteiger partial charge in [-0.3, -0.25) is 9.89 Å². The Bertz CT molecular complexity index is 537. The third-order valence-corrected chi connectivity index (χ3v) is 2.36. The molecule has 3 N–H and O–H groups in total. The summed E-state index contributed by atoms with van der Waals surface area (Å²) in [5, 5.41) is 12.4. The van der Waals surface area contributed by atoms with Gasteiger partial charge in [-0.25, -0.2) is 4.98 Å². The van der Waals surface area contributed by atoms with Crippen LogP contribution in [0.15, 0.2) is 24.3 Å². The molecular weight excluding hydrogens is 266 g/mol. The van der Waals surface area contributed by atoms with Crippen molar-refractivity contribution >= 4 is 24.0 Å². The highest BCUT2D eigenvalue weighted by atomic mass is 35.5. The summed E-state index contributed by atoms with van der Waals surface area (Å²) in [5.41, 5.74) is 1.66. The third-order valence-electron chi connectivity index (χ3n) is 2.36. The van der Waals surface area contributed by atoms with E-state index < -0.39 is 0 Å². The molecule has 0 fully saturated rings. The van der Waals surface area contributed by atoms with Gasteiger partial charge in [0.05, 0.1) is 6.54 Å². The zero-order chi connectivity index (χ0) is 13.0. The number of hydrogen-bond donors (Lipinski definition) is 3. The first-order valence-corrected chi connectivity index (χ1v) is 5.63. The predicted octanol–water partition coefficient (Wildman–Crippen LogP) is 1.36. The van der Waals surface area contributed by atoms with E-state index in [1.54, 1.807) is 7.05 Å². The van der Waals surface area contributed by atoms with Crippen LogP contribution in [0.2, 0.25) is 0 Å². The van der Waals surface area contributed by atoms with Crippen LogP contribution < -0.4 is 10.6 Å². The Morgan fingerprint density at radius 2 is 2.00 bits per heavy atom. The molecule has 0 aliphatic heterocycles. The van der Waals surface area contributed by atoms with Crippen LogP contribution in [0.5, 0.6) is 0 Å². The predicted molar refractivity (Wildman–Crippen MR) is 76.4 cm³/mol. The Labute approximate surface area is 117 Å². The maximum atomic E-state index is 11.4. The Balaban J connectivity index is 0.00000180. The highest BCUT2D eigenvalue weighted by molar-refractivity contribution is 5.92. The molecule has 0 unspecified atom stereocenters. The number of likely N-dealkylation sites (N-methyl/N-ethyl adjacent to an activating group) is 1. The van der Waals surface area contributed by atoms with Gasteiger partial charge in [-0.05, 0) is 38.2 Å². The smallest absolute Gasteiger partial charge is 0.238 e. The van der Waals surface area contributed by atoms with Gasteiger partial charge in [0.15, 0.2) is 5.82 Å². The van der Waals surface area contributed by atoms with Crippen LogP contribution in [0.3, 0.4) is 0 Å². The molecule has 2 rings (SSSR count). The number of hydrogen-bond acceptors (Lipinski definition) is 4. The van der Waals surface area contributed by atoms with Gasteiger partial charge < -0.3 is 10.6 Å². The molecule has 0 saturated heterocycles. The van der Waals surface area contributed by atoms with E-state index >= 15 is 0 Å². The molecule has 0 aliphatic rings. The van der Waals surface area contributed by atoms with E-state index in [2.05, 4.69) is 25.8 Å². The van der Waals surface area contributed by atoms with E-state index in [1.165, 1.54) is 0 Å². The maximum Gasteiger partial charge on any atom is 0.238 e. The molecular formula is C12H16ClN5O. The quantitative estimate of drug-likeness (QED) is 0.790. The molecule has 6 nitrogen and oxygen atoms in total. The minimum absolute atomic E-state index is 0. The fourth-order valence-electron chi connectivity index (χ4n) is 1.54. The number of carbonyl (C=O) groups is 1. The average Bonchev–Trinajstić information content (AvgIpc) is 2.77. The number of nitrogens with one attached hydrogen (secondary N) is 3. The molecule has 0 radical (unpaired) electrons. The molecule has 0 spiro atoms. The SMILES string of the molecule is CNCC(=O)Nc1ccc(-c2n[nH]c(C)n2)cc1.Cl. The highest BCUT2D eigenvalue weighted by Crippen LogP contribution is 2.17. The van der Waals surface area contributed by atoms with Crippen LogP contribution in [-0.2, 0) is 4.79 Å². The molecule has 1 amide bonds. The number of aromatic amines is 1. The van der Waals surface area contributed by atoms with Crippen molar-refractivity contribution in [3.8, 4) is 11.4 Å². The summed E-state index contributed by atoms with van der Waals surface area (Å²) in [7, 11) is 1.73. The Kier molecular flexibility index (Phi) is 5.47. The number of halogens is 1. The molecule has 0 atom stereocenters. The lowest BCUT2D eigenvalue weighted by Crippen LogP contribution is -2.24. The van der Waals surface area contributed by atoms with Crippen LogP contribution in [0.25, 0.3) is 11.4 Å². The van der Waals surface area contributed by atoms with E-state index in [0.717, 1.165) is 17.1 Å². The van der Waals surface area contributed by atoms with Crippen LogP contribution in [-0.4, -0.2) is 34.7 Å². The van der Waals surface area contributed by atoms with Gasteiger partial charge in [-0.1, -0.05) is 0 Å². The largest absolute Gasteiger partial charge is 0.325 e. The van der Waals surface area contributed by atoms with E-state index in [-0.39, 0.29) is 18.3 Å². The van der Waals surface area contributed by atoms with Gasteiger partial charge in [-0.15, -0.1) is 12.4 Å². The molecule has 2 aromatic rings. The molecule has 0 aliphatic carbocycles. The summed E-state index contributed by atoms with van der Waals surface area (Å²) in [6, 6.07) is 7.40. The van der Waals surface area contributed by atoms with E-state index in [4.69, 9.17) is 0 Å². The number of H-pyrrole nitrogens is 1. The normalized spacial score (nSPS) is 9.79. The van der Waals surface area contributed by atoms with Crippen molar-refractivity contribution in [2.75, 3.05) is 18.9 Å². The second kappa shape index (κ2) is 6.86. The van der Waals surface area contributed by atoms with Crippen LogP contribution in [0.4, 0.5) is 5.69 Å². The maximum absolute atomic E-state index is 11.4. The number of aryl methyl sites for hydroxylation is 1. The summed E-state index contributed by atoms with van der Waals surface area (Å²) < 4.78 is 0. The Morgan fingerprint density at radius 1 is 1.32 bits per heavy atom. The van der Waals surface area contributed by atoms with Crippen molar-refractivity contribution in [2.45, 2.75) is 6.92 Å². The van der Waals surface area contributed by atoms with Crippen LogP contribution in [0.1, 0.15) is 5.82 Å². The number of benzene rings is 1. The summed E-state index contributed by atoms with van der Waals surface area (Å²) in [4.78, 5) is 15.6. The molecule has 1 aromatic carbocycles. The van der Waals surface area contributed by atoms with Gasteiger partial charge in [0.2, 0.25) is 5.91 Å². The van der Waals surface area contributed by atoms with Crippen LogP contribution in [0, 0.1) is 6.92 Å². The first-order valence-electron chi connectivity index (χ1n) is 5.63. The van der Waals surface area contributed by atoms with E-state index in [9.17, 15) is 4.79 Å². The highest BCUT2D eigenvalue weighted by Gasteiger charge is 2.04. The zero-order valence-corrected chi connectivity index (χ0v) is 11.5. The lowest BCUT2D eigenvalue weighted by atomic mass is 10.2. The van der Waals surface area contributed by atoms with Gasteiger partial charge in [0.1, 0.15) is 5.82 Å². The lowest BCUT2D eigenvalue weighted by Gasteiger charge is -2.04. The van der Waals surface area contributed by atoms with Crippen molar-refractivity contribution in [1.82, 2.24) is 20.5 Å². The number of nitrogens with zero attached hydrogens (tertiary/aromatic N) is 2. The van der Waals surface area contributed by atoms with Crippen molar-refractivity contribution in [3.63, 3.8) is 0 Å². The Hall–Kier alpha value is -1.92. The average molecular weight is 282 g/mol. The van der Waals surface area contributed by atoms with Gasteiger partial charge in [0, 0.05) is 11.3 Å². The molecule has 1 heterocycles. The number of carbonyl (C=O) groups excluding carboxylic acids is 1. The standard InChI is InChI=1S/C12H15N5O.ClH/c1-8-14-12(17-16-8)9-3-5-10(6-4-9)15-11(18)7-13-2;/h3-6,13H,7H2,1-2H3,(H,15,18)(H,14,16,17);1H.